The summed E-state index contributed by atoms with van der Waals surface area (Å²) in [5.74, 6) is 0.988. The molecule has 1 amide bonds. The van der Waals surface area contributed by atoms with E-state index >= 15 is 0 Å². The van der Waals surface area contributed by atoms with E-state index in [1.807, 2.05) is 27.7 Å². The van der Waals surface area contributed by atoms with E-state index in [1.165, 1.54) is 18.6 Å². The van der Waals surface area contributed by atoms with Gasteiger partial charge < -0.3 is 46.0 Å². The van der Waals surface area contributed by atoms with E-state index in [4.69, 9.17) is 36.9 Å². The molecule has 2 aliphatic carbocycles. The Bertz CT molecular complexity index is 3680. The Kier molecular flexibility index (Phi) is 25.9. The largest absolute Gasteiger partial charge is 0.493 e. The van der Waals surface area contributed by atoms with Crippen LogP contribution in [0.25, 0.3) is 11.2 Å². The number of carboxylic acids is 1. The maximum atomic E-state index is 13.6. The first-order valence-electron chi connectivity index (χ1n) is 31.6. The van der Waals surface area contributed by atoms with Crippen LogP contribution >= 0.6 is 0 Å². The number of nitrogens with zero attached hydrogens (tertiary/aromatic N) is 9. The number of carboxylic acid groups (broad SMARTS) is 1. The molecule has 0 bridgehead atoms. The molecule has 5 aromatic rings. The normalized spacial score (nSPS) is 15.9. The molecule has 6 heterocycles. The second-order valence-corrected chi connectivity index (χ2v) is 24.0. The average Bonchev–Trinajstić information content (AvgIpc) is 1.52. The Morgan fingerprint density at radius 2 is 1.24 bits per heavy atom. The third kappa shape index (κ3) is 17.9. The minimum atomic E-state index is -1.01. The maximum absolute atomic E-state index is 13.6. The van der Waals surface area contributed by atoms with Crippen LogP contribution in [0.1, 0.15) is 141 Å². The van der Waals surface area contributed by atoms with Crippen molar-refractivity contribution < 1.29 is 49.5 Å². The van der Waals surface area contributed by atoms with Crippen LogP contribution in [0.15, 0.2) is 64.5 Å². The van der Waals surface area contributed by atoms with Gasteiger partial charge in [-0.1, -0.05) is 79.2 Å². The van der Waals surface area contributed by atoms with Crippen molar-refractivity contribution in [3.05, 3.63) is 104 Å². The van der Waals surface area contributed by atoms with Gasteiger partial charge in [0.05, 0.1) is 43.8 Å². The van der Waals surface area contributed by atoms with Crippen LogP contribution in [0, 0.1) is 35.4 Å². The summed E-state index contributed by atoms with van der Waals surface area (Å²) in [5.41, 5.74) is 14.1. The molecule has 0 radical (unpaired) electrons. The third-order valence-corrected chi connectivity index (χ3v) is 16.4. The van der Waals surface area contributed by atoms with Crippen molar-refractivity contribution in [1.82, 2.24) is 49.5 Å². The van der Waals surface area contributed by atoms with Gasteiger partial charge in [-0.05, 0) is 68.9 Å². The van der Waals surface area contributed by atoms with Crippen molar-refractivity contribution in [2.24, 2.45) is 10.8 Å². The number of imidazole rings is 1. The molecule has 3 aliphatic heterocycles. The Hall–Kier alpha value is -8.61. The Labute approximate surface area is 544 Å². The minimum absolute atomic E-state index is 0.0711. The summed E-state index contributed by atoms with van der Waals surface area (Å²) in [6.07, 6.45) is 12.9. The number of nitrogens with two attached hydrogens (primary N) is 2. The van der Waals surface area contributed by atoms with Crippen LogP contribution < -0.4 is 41.6 Å². The topological polar surface area (TPSA) is 341 Å². The molecule has 494 valence electrons. The predicted molar refractivity (Wildman–Crippen MR) is 355 cm³/mol. The number of hydrogen-bond acceptors (Lipinski definition) is 22. The lowest BCUT2D eigenvalue weighted by molar-refractivity contribution is -0.138. The molecule has 2 aromatic carbocycles. The summed E-state index contributed by atoms with van der Waals surface area (Å²) < 4.78 is 29.6. The van der Waals surface area contributed by atoms with E-state index < -0.39 is 16.8 Å². The standard InChI is InChI=1S/C33H45N7O5.C18H20O5.C13H20N6O.C2H2.HNS/c1-5-7-20-45-31-36-29(34)27-30(37-31)40(32(43)35-27)18-17-39-15-13-38(14-16-39)12-11-33(3,4)23-21-24(41)26-22(28(23)42)9-8-10-25(26)44-19-6-2;1-4-8-23-14-7-5-6-11-16(14)13(19)9-12(17(11)22)18(2,3)10-15(20)21;1-9-16-12(14)10-8-11(20)19(13(10)17-9)7-6-18-4-2-15-3-5-18;2*1-2/h8-10,21H,5-7,11-20H2,1-4H3,(H,35,43)(H2,34,36,37);5-7,9H,4,8,10H2,1-3H3,(H,20,21);15H,2-8H2,1H3,(H2,14,16,17);1-2H;1H/i;;;1D;. The number of rotatable bonds is 23. The molecule has 2 fully saturated rings. The molecule has 92 heavy (non-hydrogen) atoms. The number of amides is 1. The molecule has 8 N–H and O–H groups in total. The van der Waals surface area contributed by atoms with Crippen LogP contribution in [-0.2, 0) is 35.0 Å². The fourth-order valence-electron chi connectivity index (χ4n) is 11.3. The number of hydrogen-bond donors (Lipinski definition) is 6. The number of H-pyrrole nitrogens is 1. The van der Waals surface area contributed by atoms with E-state index in [2.05, 4.69) is 70.7 Å². The number of aromatic amines is 1. The lowest BCUT2D eigenvalue weighted by atomic mass is 9.73. The van der Waals surface area contributed by atoms with Crippen molar-refractivity contribution in [2.45, 2.75) is 107 Å². The fourth-order valence-corrected chi connectivity index (χ4v) is 11.3. The summed E-state index contributed by atoms with van der Waals surface area (Å²) in [5, 5.41) is 12.3. The molecule has 26 heteroatoms. The number of anilines is 3. The van der Waals surface area contributed by atoms with Gasteiger partial charge in [0.2, 0.25) is 5.91 Å². The van der Waals surface area contributed by atoms with Crippen molar-refractivity contribution in [3.63, 3.8) is 0 Å². The number of allylic oxidation sites excluding steroid dienone is 4. The predicted octanol–water partition coefficient (Wildman–Crippen LogP) is 6.70. The highest BCUT2D eigenvalue weighted by Crippen LogP contribution is 2.41. The third-order valence-electron chi connectivity index (χ3n) is 16.4. The molecule has 3 aromatic heterocycles. The van der Waals surface area contributed by atoms with Gasteiger partial charge in [-0.15, -0.1) is 12.8 Å². The molecule has 0 atom stereocenters. The van der Waals surface area contributed by atoms with E-state index in [0.717, 1.165) is 103 Å². The lowest BCUT2D eigenvalue weighted by Crippen LogP contribution is -2.48. The molecule has 5 aliphatic rings. The SMILES string of the molecule is CCCCOc1nc(N)c2[nH]c(=O)n(CCN3CCN(CCC(C)(C)C4=CC(=O)c5c(OCCC)cccc5C4=O)CC3)c2n1.CCCOc1cccc2c1C(=O)C=C(C(C)(C)CC(=O)O)C2=O.Cc1nc(N)c2c(n1)N(CCN1CCNCC1)C(=O)C2.N=S.[2H]C#C. The first kappa shape index (κ1) is 70.8. The number of piperazine rings is 2. The fraction of sp³-hybridized carbons (Fsp3) is 0.500. The number of aryl methyl sites for hydroxylation is 1. The van der Waals surface area contributed by atoms with Gasteiger partial charge in [-0.3, -0.25) is 48.0 Å². The van der Waals surface area contributed by atoms with Crippen LogP contribution in [0.4, 0.5) is 17.5 Å². The van der Waals surface area contributed by atoms with E-state index in [-0.39, 0.29) is 69.7 Å². The Morgan fingerprint density at radius 1 is 0.707 bits per heavy atom. The summed E-state index contributed by atoms with van der Waals surface area (Å²) in [6, 6.07) is 10.4. The number of aliphatic carboxylic acids is 1. The smallest absolute Gasteiger partial charge is 0.327 e. The average molecular weight is 1290 g/mol. The molecule has 0 saturated carbocycles. The first-order valence-corrected chi connectivity index (χ1v) is 31.5. The van der Waals surface area contributed by atoms with Gasteiger partial charge in [0.15, 0.2) is 34.6 Å². The number of carbonyl (C=O) groups is 6. The molecule has 0 spiro atoms. The number of nitrogen functional groups attached to an aromatic ring is 2. The number of terminal acetylenes is 1. The Balaban J connectivity index is 0.000000238. The zero-order valence-electron chi connectivity index (χ0n) is 55.1. The van der Waals surface area contributed by atoms with E-state index in [9.17, 15) is 33.6 Å². The second kappa shape index (κ2) is 33.6. The summed E-state index contributed by atoms with van der Waals surface area (Å²) in [7, 11) is 0. The lowest BCUT2D eigenvalue weighted by Gasteiger charge is -2.37. The molecule has 2 saturated heterocycles. The molecule has 25 nitrogen and oxygen atoms in total. The monoisotopic (exact) mass is 1290 g/mol. The number of carbonyl (C=O) groups excluding carboxylic acids is 5. The molecular weight excluding hydrogens is 1200 g/mol. The zero-order chi connectivity index (χ0) is 68.2. The van der Waals surface area contributed by atoms with Gasteiger partial charge in [-0.25, -0.2) is 19.5 Å². The Morgan fingerprint density at radius 3 is 1.78 bits per heavy atom. The van der Waals surface area contributed by atoms with Gasteiger partial charge in [-0.2, -0.15) is 9.97 Å². The zero-order valence-corrected chi connectivity index (χ0v) is 54.9. The van der Waals surface area contributed by atoms with Gasteiger partial charge >= 0.3 is 17.7 Å². The molecular formula is C66H88N14O11S. The van der Waals surface area contributed by atoms with Crippen LogP contribution in [0.5, 0.6) is 17.5 Å². The highest BCUT2D eigenvalue weighted by atomic mass is 32.1. The summed E-state index contributed by atoms with van der Waals surface area (Å²) in [6.45, 7) is 27.7. The number of benzene rings is 2. The number of fused-ring (bicyclic) bond motifs is 4. The van der Waals surface area contributed by atoms with Gasteiger partial charge in [0.25, 0.3) is 0 Å². The minimum Gasteiger partial charge on any atom is -0.493 e. The number of unbranched alkanes of at least 4 members (excludes halogenated alkanes) is 1. The number of Topliss-reactive ketones (excluding diaryl/α,β-unsaturated/α-hetero) is 2. The molecule has 0 unspecified atom stereocenters. The first-order chi connectivity index (χ1) is 44.5. The van der Waals surface area contributed by atoms with Crippen molar-refractivity contribution >= 4 is 76.1 Å². The summed E-state index contributed by atoms with van der Waals surface area (Å²) in [4.78, 5) is 117. The molecule has 10 rings (SSSR count). The highest BCUT2D eigenvalue weighted by Gasteiger charge is 2.39. The second-order valence-electron chi connectivity index (χ2n) is 24.0. The van der Waals surface area contributed by atoms with Crippen LogP contribution in [0.2, 0.25) is 0 Å². The van der Waals surface area contributed by atoms with Gasteiger partial charge in [0, 0.05) is 124 Å². The number of ether oxygens (including phenoxy) is 3. The highest BCUT2D eigenvalue weighted by molar-refractivity contribution is 7.45. The maximum Gasteiger partial charge on any atom is 0.327 e. The summed E-state index contributed by atoms with van der Waals surface area (Å²) >= 11 is 3.33. The van der Waals surface area contributed by atoms with Crippen molar-refractivity contribution in [1.29, 1.82) is 4.78 Å². The van der Waals surface area contributed by atoms with E-state index in [0.29, 0.717) is 103 Å². The number of nitrogens with one attached hydrogen (secondary N) is 3. The van der Waals surface area contributed by atoms with Crippen LogP contribution in [-0.4, -0.2) is 183 Å². The van der Waals surface area contributed by atoms with Gasteiger partial charge in [0.1, 0.15) is 35.8 Å². The van der Waals surface area contributed by atoms with Crippen molar-refractivity contribution in [3.8, 4) is 30.3 Å². The number of aromatic nitrogens is 6. The van der Waals surface area contributed by atoms with Crippen molar-refractivity contribution in [2.75, 3.05) is 115 Å². The number of ketones is 4. The van der Waals surface area contributed by atoms with E-state index in [1.54, 1.807) is 66.6 Å². The van der Waals surface area contributed by atoms with Crippen LogP contribution in [0.3, 0.4) is 0 Å². The quantitative estimate of drug-likeness (QED) is 0.0293.